The maximum atomic E-state index is 12.4. The number of nitrogens with zero attached hydrogens (tertiary/aromatic N) is 3. The number of aromatic nitrogens is 2. The van der Waals surface area contributed by atoms with Crippen LogP contribution in [0.4, 0.5) is 10.6 Å². The van der Waals surface area contributed by atoms with E-state index in [2.05, 4.69) is 33.7 Å². The Bertz CT molecular complexity index is 682. The molecule has 2 aromatic rings. The lowest BCUT2D eigenvalue weighted by Crippen LogP contribution is -2.43. The largest absolute Gasteiger partial charge is 0.323 e. The Labute approximate surface area is 123 Å². The van der Waals surface area contributed by atoms with Crippen molar-refractivity contribution in [2.45, 2.75) is 24.8 Å². The summed E-state index contributed by atoms with van der Waals surface area (Å²) >= 11 is 0. The number of anilines is 1. The van der Waals surface area contributed by atoms with Gasteiger partial charge in [-0.05, 0) is 36.1 Å². The summed E-state index contributed by atoms with van der Waals surface area (Å²) in [4.78, 5) is 14.3. The van der Waals surface area contributed by atoms with Gasteiger partial charge in [0.15, 0.2) is 5.82 Å². The summed E-state index contributed by atoms with van der Waals surface area (Å²) in [5, 5.41) is 10.5. The van der Waals surface area contributed by atoms with Crippen LogP contribution in [-0.2, 0) is 12.0 Å². The lowest BCUT2D eigenvalue weighted by molar-refractivity contribution is 0.197. The second-order valence-electron chi connectivity index (χ2n) is 5.83. The summed E-state index contributed by atoms with van der Waals surface area (Å²) in [5.74, 6) is 0.492. The summed E-state index contributed by atoms with van der Waals surface area (Å²) in [5.41, 5.74) is 2.87. The molecule has 5 nitrogen and oxygen atoms in total. The first kappa shape index (κ1) is 12.3. The van der Waals surface area contributed by atoms with Gasteiger partial charge in [0.1, 0.15) is 0 Å². The molecule has 21 heavy (non-hydrogen) atoms. The van der Waals surface area contributed by atoms with Crippen molar-refractivity contribution in [3.8, 4) is 0 Å². The molecule has 1 saturated carbocycles. The highest BCUT2D eigenvalue weighted by molar-refractivity contribution is 5.88. The number of urea groups is 1. The lowest BCUT2D eigenvalue weighted by atomic mass is 9.87. The van der Waals surface area contributed by atoms with Crippen LogP contribution in [0.3, 0.4) is 0 Å². The monoisotopic (exact) mass is 280 g/mol. The fraction of sp³-hybridized carbons (Fsp3) is 0.312. The van der Waals surface area contributed by atoms with Gasteiger partial charge in [-0.25, -0.2) is 4.79 Å². The van der Waals surface area contributed by atoms with Crippen LogP contribution in [0.2, 0.25) is 0 Å². The molecule has 5 heteroatoms. The molecule has 1 spiro atoms. The Hall–Kier alpha value is -2.43. The molecule has 0 radical (unpaired) electrons. The second kappa shape index (κ2) is 4.55. The molecule has 1 N–H and O–H groups in total. The highest BCUT2D eigenvalue weighted by atomic mass is 16.2. The predicted molar refractivity (Wildman–Crippen MR) is 78.8 cm³/mol. The standard InChI is InChI=1S/C16H16N4O/c21-15(18-14-6-3-9-17-19-14)20-10-12-4-1-2-5-13(12)16(11-20)7-8-16/h1-6,9H,7-8,10-11H2,(H,18,19,21). The number of nitrogens with one attached hydrogen (secondary N) is 1. The lowest BCUT2D eigenvalue weighted by Gasteiger charge is -2.34. The molecule has 106 valence electrons. The van der Waals surface area contributed by atoms with Gasteiger partial charge in [0.2, 0.25) is 0 Å². The number of carbonyl (C=O) groups is 1. The van der Waals surface area contributed by atoms with E-state index in [0.717, 1.165) is 6.54 Å². The Morgan fingerprint density at radius 3 is 2.81 bits per heavy atom. The zero-order valence-corrected chi connectivity index (χ0v) is 11.6. The molecule has 2 heterocycles. The van der Waals surface area contributed by atoms with Crippen molar-refractivity contribution in [3.05, 3.63) is 53.7 Å². The maximum absolute atomic E-state index is 12.4. The summed E-state index contributed by atoms with van der Waals surface area (Å²) in [6.45, 7) is 1.44. The van der Waals surface area contributed by atoms with Gasteiger partial charge in [0.25, 0.3) is 0 Å². The molecule has 0 saturated heterocycles. The number of benzene rings is 1. The van der Waals surface area contributed by atoms with E-state index in [1.54, 1.807) is 18.3 Å². The average Bonchev–Trinajstić information content (AvgIpc) is 3.28. The SMILES string of the molecule is O=C(Nc1cccnn1)N1Cc2ccccc2C2(CC2)C1. The molecule has 1 aromatic heterocycles. The third-order valence-electron chi connectivity index (χ3n) is 4.39. The summed E-state index contributed by atoms with van der Waals surface area (Å²) in [7, 11) is 0. The molecule has 1 aromatic carbocycles. The van der Waals surface area contributed by atoms with Gasteiger partial charge >= 0.3 is 6.03 Å². The van der Waals surface area contributed by atoms with E-state index < -0.39 is 0 Å². The first-order valence-electron chi connectivity index (χ1n) is 7.19. The molecule has 0 unspecified atom stereocenters. The van der Waals surface area contributed by atoms with Gasteiger partial charge in [0, 0.05) is 24.7 Å². The zero-order chi connectivity index (χ0) is 14.3. The first-order valence-corrected chi connectivity index (χ1v) is 7.19. The van der Waals surface area contributed by atoms with Crippen molar-refractivity contribution < 1.29 is 4.79 Å². The fourth-order valence-corrected chi connectivity index (χ4v) is 3.17. The highest BCUT2D eigenvalue weighted by Gasteiger charge is 2.49. The van der Waals surface area contributed by atoms with Crippen LogP contribution < -0.4 is 5.32 Å². The zero-order valence-electron chi connectivity index (χ0n) is 11.6. The van der Waals surface area contributed by atoms with E-state index >= 15 is 0 Å². The van der Waals surface area contributed by atoms with Gasteiger partial charge in [-0.3, -0.25) is 5.32 Å². The average molecular weight is 280 g/mol. The van der Waals surface area contributed by atoms with E-state index in [-0.39, 0.29) is 11.4 Å². The molecular formula is C16H16N4O. The van der Waals surface area contributed by atoms with Gasteiger partial charge in [0.05, 0.1) is 0 Å². The van der Waals surface area contributed by atoms with E-state index in [0.29, 0.717) is 12.4 Å². The maximum Gasteiger partial charge on any atom is 0.323 e. The third kappa shape index (κ3) is 2.14. The fourth-order valence-electron chi connectivity index (χ4n) is 3.17. The summed E-state index contributed by atoms with van der Waals surface area (Å²) in [6, 6.07) is 11.9. The molecule has 0 bridgehead atoms. The Morgan fingerprint density at radius 2 is 2.05 bits per heavy atom. The topological polar surface area (TPSA) is 58.1 Å². The Kier molecular flexibility index (Phi) is 2.67. The number of hydrogen-bond donors (Lipinski definition) is 1. The quantitative estimate of drug-likeness (QED) is 0.873. The van der Waals surface area contributed by atoms with Crippen LogP contribution in [0, 0.1) is 0 Å². The van der Waals surface area contributed by atoms with Gasteiger partial charge in [-0.15, -0.1) is 5.10 Å². The van der Waals surface area contributed by atoms with E-state index in [9.17, 15) is 4.79 Å². The normalized spacial score (nSPS) is 18.2. The summed E-state index contributed by atoms with van der Waals surface area (Å²) in [6.07, 6.45) is 3.92. The van der Waals surface area contributed by atoms with Crippen LogP contribution in [0.1, 0.15) is 24.0 Å². The van der Waals surface area contributed by atoms with Gasteiger partial charge in [-0.2, -0.15) is 5.10 Å². The van der Waals surface area contributed by atoms with Crippen molar-refractivity contribution in [1.82, 2.24) is 15.1 Å². The Morgan fingerprint density at radius 1 is 1.19 bits per heavy atom. The van der Waals surface area contributed by atoms with Crippen LogP contribution in [0.15, 0.2) is 42.6 Å². The minimum Gasteiger partial charge on any atom is -0.319 e. The minimum atomic E-state index is -0.101. The Balaban J connectivity index is 1.57. The molecular weight excluding hydrogens is 264 g/mol. The molecule has 1 fully saturated rings. The molecule has 1 aliphatic heterocycles. The number of amides is 2. The summed E-state index contributed by atoms with van der Waals surface area (Å²) < 4.78 is 0. The molecule has 2 amide bonds. The number of fused-ring (bicyclic) bond motifs is 2. The second-order valence-corrected chi connectivity index (χ2v) is 5.83. The van der Waals surface area contributed by atoms with Gasteiger partial charge < -0.3 is 4.90 Å². The van der Waals surface area contributed by atoms with Crippen LogP contribution in [-0.4, -0.2) is 27.7 Å². The smallest absolute Gasteiger partial charge is 0.319 e. The molecule has 2 aliphatic rings. The molecule has 0 atom stereocenters. The van der Waals surface area contributed by atoms with Crippen molar-refractivity contribution in [2.75, 3.05) is 11.9 Å². The number of rotatable bonds is 1. The molecule has 1 aliphatic carbocycles. The first-order chi connectivity index (χ1) is 10.3. The number of hydrogen-bond acceptors (Lipinski definition) is 3. The van der Waals surface area contributed by atoms with E-state index in [1.165, 1.54) is 24.0 Å². The van der Waals surface area contributed by atoms with Crippen molar-refractivity contribution >= 4 is 11.8 Å². The minimum absolute atomic E-state index is 0.101. The number of carbonyl (C=O) groups excluding carboxylic acids is 1. The van der Waals surface area contributed by atoms with Crippen molar-refractivity contribution in [1.29, 1.82) is 0 Å². The highest BCUT2D eigenvalue weighted by Crippen LogP contribution is 2.52. The predicted octanol–water partition coefficient (Wildman–Crippen LogP) is 2.56. The van der Waals surface area contributed by atoms with Crippen LogP contribution in [0.25, 0.3) is 0 Å². The van der Waals surface area contributed by atoms with Gasteiger partial charge in [-0.1, -0.05) is 24.3 Å². The van der Waals surface area contributed by atoms with Crippen molar-refractivity contribution in [2.24, 2.45) is 0 Å². The third-order valence-corrected chi connectivity index (χ3v) is 4.39. The van der Waals surface area contributed by atoms with E-state index in [1.807, 2.05) is 11.0 Å². The van der Waals surface area contributed by atoms with Crippen LogP contribution in [0.5, 0.6) is 0 Å². The van der Waals surface area contributed by atoms with Crippen molar-refractivity contribution in [3.63, 3.8) is 0 Å². The van der Waals surface area contributed by atoms with E-state index in [4.69, 9.17) is 0 Å². The van der Waals surface area contributed by atoms with Crippen LogP contribution >= 0.6 is 0 Å². The molecule has 4 rings (SSSR count).